The molecule has 0 saturated heterocycles. The smallest absolute Gasteiger partial charge is 0.0703 e. The van der Waals surface area contributed by atoms with E-state index in [1.807, 2.05) is 24.5 Å². The monoisotopic (exact) mass is 1200 g/mol. The summed E-state index contributed by atoms with van der Waals surface area (Å²) in [6.07, 6.45) is 3.97. The fourth-order valence-electron chi connectivity index (χ4n) is 16.0. The van der Waals surface area contributed by atoms with Gasteiger partial charge in [0.15, 0.2) is 0 Å². The highest BCUT2D eigenvalue weighted by Gasteiger charge is 2.37. The van der Waals surface area contributed by atoms with Crippen LogP contribution in [0.3, 0.4) is 0 Å². The Hall–Kier alpha value is -11.9. The maximum atomic E-state index is 4.84. The summed E-state index contributed by atoms with van der Waals surface area (Å²) in [6, 6.07) is 107. The SMILES string of the molecule is CC1(C)c2ccccc2-c2ccc(-n3c4ccc5cccc(c5c4)n(-c4ccc5c(c4)C(C)(C)c4ccccc4-5)c4ccc5cccc3c5c4)cc21.c1ccc2ncc(-n3c4ccc5cccc(c5c4)n(-c4cnc5ccccc5c4)c4ccc5cccc3c5c4)cc2c1. The zero-order valence-electron chi connectivity index (χ0n) is 52.6. The van der Waals surface area contributed by atoms with E-state index in [9.17, 15) is 0 Å². The lowest BCUT2D eigenvalue weighted by Gasteiger charge is -2.23. The van der Waals surface area contributed by atoms with Gasteiger partial charge in [-0.15, -0.1) is 0 Å². The Kier molecular flexibility index (Phi) is 11.7. The largest absolute Gasteiger partial charge is 0.310 e. The summed E-state index contributed by atoms with van der Waals surface area (Å²) in [5, 5.41) is 11.8. The molecule has 0 N–H and O–H groups in total. The van der Waals surface area contributed by atoms with Crippen molar-refractivity contribution in [1.82, 2.24) is 28.2 Å². The van der Waals surface area contributed by atoms with E-state index >= 15 is 0 Å². The van der Waals surface area contributed by atoms with Crippen molar-refractivity contribution >= 4 is 109 Å². The minimum atomic E-state index is -0.0895. The van der Waals surface area contributed by atoms with Gasteiger partial charge in [-0.05, 0) is 187 Å². The highest BCUT2D eigenvalue weighted by atomic mass is 15.0. The molecule has 4 aromatic heterocycles. The number of benzene rings is 14. The molecule has 2 aliphatic carbocycles. The second-order valence-electron chi connectivity index (χ2n) is 26.6. The first-order valence-corrected chi connectivity index (χ1v) is 32.6. The normalized spacial score (nSPS) is 13.5. The van der Waals surface area contributed by atoms with E-state index in [0.717, 1.165) is 66.3 Å². The van der Waals surface area contributed by atoms with Gasteiger partial charge in [0.25, 0.3) is 0 Å². The van der Waals surface area contributed by atoms with Gasteiger partial charge in [-0.2, -0.15) is 0 Å². The molecule has 0 amide bonds. The Bertz CT molecular complexity index is 5930. The Morgan fingerprint density at radius 1 is 0.234 bits per heavy atom. The average Bonchev–Trinajstić information content (AvgIpc) is 1.32. The maximum absolute atomic E-state index is 4.84. The summed E-state index contributed by atoms with van der Waals surface area (Å²) in [4.78, 5) is 9.69. The summed E-state index contributed by atoms with van der Waals surface area (Å²) in [6.45, 7) is 9.46. The fraction of sp³-hybridized carbons (Fsp3) is 0.0682. The lowest BCUT2D eigenvalue weighted by molar-refractivity contribution is 0.659. The number of rotatable bonds is 4. The van der Waals surface area contributed by atoms with E-state index in [-0.39, 0.29) is 10.8 Å². The highest BCUT2D eigenvalue weighted by Crippen LogP contribution is 2.51. The Morgan fingerprint density at radius 2 is 0.543 bits per heavy atom. The molecule has 6 heteroatoms. The molecular weight excluding hydrogens is 1140 g/mol. The van der Waals surface area contributed by atoms with Crippen LogP contribution in [0.4, 0.5) is 0 Å². The van der Waals surface area contributed by atoms with Gasteiger partial charge in [-0.25, -0.2) is 0 Å². The number of pyridine rings is 2. The maximum Gasteiger partial charge on any atom is 0.0703 e. The van der Waals surface area contributed by atoms with Crippen molar-refractivity contribution in [2.24, 2.45) is 0 Å². The minimum Gasteiger partial charge on any atom is -0.310 e. The number of hydrogen-bond acceptors (Lipinski definition) is 2. The topological polar surface area (TPSA) is 45.5 Å². The lowest BCUT2D eigenvalue weighted by Crippen LogP contribution is -2.15. The van der Waals surface area contributed by atoms with Crippen LogP contribution in [0, 0.1) is 0 Å². The molecular formula is C88H62N6. The third-order valence-corrected chi connectivity index (χ3v) is 20.7. The number of para-hydroxylation sites is 2. The van der Waals surface area contributed by atoms with E-state index < -0.39 is 0 Å². The molecule has 0 unspecified atom stereocenters. The van der Waals surface area contributed by atoms with Gasteiger partial charge >= 0.3 is 0 Å². The molecule has 0 aliphatic heterocycles. The molecule has 14 aromatic carbocycles. The minimum absolute atomic E-state index is 0.0895. The second kappa shape index (κ2) is 20.3. The molecule has 0 fully saturated rings. The lowest BCUT2D eigenvalue weighted by atomic mass is 9.82. The average molecular weight is 1200 g/mol. The summed E-state index contributed by atoms with van der Waals surface area (Å²) in [5.74, 6) is 0. The molecule has 0 saturated carbocycles. The number of aromatic nitrogens is 6. The molecule has 0 spiro atoms. The van der Waals surface area contributed by atoms with E-state index in [1.54, 1.807) is 0 Å². The summed E-state index contributed by atoms with van der Waals surface area (Å²) in [5.41, 5.74) is 26.2. The van der Waals surface area contributed by atoms with E-state index in [1.165, 1.54) is 110 Å². The molecule has 4 heterocycles. The summed E-state index contributed by atoms with van der Waals surface area (Å²) < 4.78 is 9.64. The first-order valence-electron chi connectivity index (χ1n) is 32.6. The van der Waals surface area contributed by atoms with E-state index in [2.05, 4.69) is 325 Å². The van der Waals surface area contributed by atoms with Crippen molar-refractivity contribution in [1.29, 1.82) is 0 Å². The van der Waals surface area contributed by atoms with Crippen molar-refractivity contribution in [3.05, 3.63) is 326 Å². The molecule has 0 atom stereocenters. The van der Waals surface area contributed by atoms with Crippen LogP contribution in [0.2, 0.25) is 0 Å². The van der Waals surface area contributed by atoms with Crippen LogP contribution in [0.5, 0.6) is 0 Å². The summed E-state index contributed by atoms with van der Waals surface area (Å²) >= 11 is 0. The molecule has 18 aromatic rings. The van der Waals surface area contributed by atoms with Crippen molar-refractivity contribution in [3.8, 4) is 45.0 Å². The van der Waals surface area contributed by atoms with Gasteiger partial charge in [0.1, 0.15) is 0 Å². The van der Waals surface area contributed by atoms with Crippen LogP contribution in [-0.4, -0.2) is 28.2 Å². The molecule has 20 rings (SSSR count). The zero-order chi connectivity index (χ0) is 62.6. The van der Waals surface area contributed by atoms with Crippen molar-refractivity contribution in [2.45, 2.75) is 38.5 Å². The first-order chi connectivity index (χ1) is 46.1. The van der Waals surface area contributed by atoms with E-state index in [0.29, 0.717) is 0 Å². The predicted molar refractivity (Wildman–Crippen MR) is 394 cm³/mol. The van der Waals surface area contributed by atoms with Gasteiger partial charge in [-0.3, -0.25) is 9.97 Å². The highest BCUT2D eigenvalue weighted by molar-refractivity contribution is 6.07. The first kappa shape index (κ1) is 53.9. The van der Waals surface area contributed by atoms with Crippen molar-refractivity contribution in [3.63, 3.8) is 0 Å². The molecule has 0 radical (unpaired) electrons. The fourth-order valence-corrected chi connectivity index (χ4v) is 16.0. The van der Waals surface area contributed by atoms with Crippen LogP contribution in [0.1, 0.15) is 49.9 Å². The Morgan fingerprint density at radius 3 is 0.915 bits per heavy atom. The quantitative estimate of drug-likeness (QED) is 0.176. The van der Waals surface area contributed by atoms with Gasteiger partial charge in [-0.1, -0.05) is 198 Å². The molecule has 444 valence electrons. The summed E-state index contributed by atoms with van der Waals surface area (Å²) in [7, 11) is 0. The molecule has 2 aliphatic rings. The third-order valence-electron chi connectivity index (χ3n) is 20.7. The zero-order valence-corrected chi connectivity index (χ0v) is 52.6. The van der Waals surface area contributed by atoms with Gasteiger partial charge in [0, 0.05) is 76.6 Å². The Balaban J connectivity index is 0.000000137. The number of nitrogens with zero attached hydrogens (tertiary/aromatic N) is 6. The standard InChI is InChI=1S/C50H38N2.C38H24N4/c1-49(2)43-15-7-5-13-37(43)39-25-23-35(29-45(39)49)51-33-21-19-32-12-10-18-48(42(32)27-33)52(34-22-20-31-11-9-17-47(51)41(31)28-34)36-24-26-40-38-14-6-8-16-44(38)50(3,4)46(40)30-36;1-3-11-35-27(7-1)19-31(23-39-35)41-29-17-15-26-10-6-14-38(34(26)21-29)42(32-20-28-8-2-4-12-36(28)40-24-32)30-18-16-25-9-5-13-37(41)33(25)22-30/h5-30H,1-4H3;1-24H. The van der Waals surface area contributed by atoms with Gasteiger partial charge in [0.05, 0.1) is 56.9 Å². The molecule has 8 bridgehead atoms. The van der Waals surface area contributed by atoms with Crippen molar-refractivity contribution < 1.29 is 0 Å². The second-order valence-corrected chi connectivity index (χ2v) is 26.6. The number of hydrogen-bond donors (Lipinski definition) is 0. The van der Waals surface area contributed by atoms with Crippen LogP contribution in [-0.2, 0) is 10.8 Å². The molecule has 6 nitrogen and oxygen atoms in total. The Labute approximate surface area is 543 Å². The van der Waals surface area contributed by atoms with E-state index in [4.69, 9.17) is 9.97 Å². The van der Waals surface area contributed by atoms with Gasteiger partial charge < -0.3 is 18.3 Å². The van der Waals surface area contributed by atoms with Gasteiger partial charge in [0.2, 0.25) is 0 Å². The van der Waals surface area contributed by atoms with Crippen LogP contribution in [0.15, 0.2) is 304 Å². The number of fused-ring (bicyclic) bond motifs is 12. The van der Waals surface area contributed by atoms with Crippen LogP contribution < -0.4 is 0 Å². The molecule has 94 heavy (non-hydrogen) atoms. The third kappa shape index (κ3) is 8.15. The van der Waals surface area contributed by atoms with Crippen LogP contribution >= 0.6 is 0 Å². The predicted octanol–water partition coefficient (Wildman–Crippen LogP) is 22.6. The van der Waals surface area contributed by atoms with Crippen LogP contribution in [0.25, 0.3) is 154 Å². The van der Waals surface area contributed by atoms with Crippen molar-refractivity contribution in [2.75, 3.05) is 0 Å².